The van der Waals surface area contributed by atoms with Gasteiger partial charge in [-0.15, -0.1) is 0 Å². The summed E-state index contributed by atoms with van der Waals surface area (Å²) < 4.78 is 7.66. The smallest absolute Gasteiger partial charge is 0.144 e. The van der Waals surface area contributed by atoms with Crippen molar-refractivity contribution in [3.05, 3.63) is 48.9 Å². The van der Waals surface area contributed by atoms with Crippen molar-refractivity contribution in [2.24, 2.45) is 7.05 Å². The van der Waals surface area contributed by atoms with Crippen LogP contribution in [0, 0.1) is 0 Å². The Morgan fingerprint density at radius 1 is 1.00 bits per heavy atom. The summed E-state index contributed by atoms with van der Waals surface area (Å²) >= 11 is 0. The number of likely N-dealkylation sites (N-methyl/N-ethyl adjacent to an activating group) is 2. The van der Waals surface area contributed by atoms with Crippen LogP contribution in [0.25, 0.3) is 22.2 Å². The summed E-state index contributed by atoms with van der Waals surface area (Å²) in [4.78, 5) is 16.2. The number of anilines is 4. The molecule has 0 aliphatic carbocycles. The maximum atomic E-state index is 5.79. The first kappa shape index (κ1) is 25.7. The van der Waals surface area contributed by atoms with Gasteiger partial charge in [-0.25, -0.2) is 9.97 Å². The number of methoxy groups -OCH3 is 1. The lowest BCUT2D eigenvalue weighted by Gasteiger charge is -2.34. The summed E-state index contributed by atoms with van der Waals surface area (Å²) in [5.41, 5.74) is 5.87. The summed E-state index contributed by atoms with van der Waals surface area (Å²) in [6.45, 7) is 6.46. The molecule has 0 unspecified atom stereocenters. The van der Waals surface area contributed by atoms with Gasteiger partial charge in [-0.05, 0) is 25.2 Å². The van der Waals surface area contributed by atoms with Crippen LogP contribution in [-0.2, 0) is 7.05 Å². The molecule has 2 N–H and O–H groups in total. The minimum Gasteiger partial charge on any atom is -0.494 e. The number of aryl methyl sites for hydroxylation is 1. The topological polar surface area (TPSA) is 86.6 Å². The molecule has 4 aromatic rings. The highest BCUT2D eigenvalue weighted by Crippen LogP contribution is 2.38. The van der Waals surface area contributed by atoms with Gasteiger partial charge in [-0.3, -0.25) is 9.58 Å². The summed E-state index contributed by atoms with van der Waals surface area (Å²) in [6, 6.07) is 12.3. The molecule has 38 heavy (non-hydrogen) atoms. The van der Waals surface area contributed by atoms with Gasteiger partial charge < -0.3 is 25.2 Å². The Labute approximate surface area is 224 Å². The number of benzene rings is 2. The van der Waals surface area contributed by atoms with Crippen LogP contribution in [0.15, 0.2) is 48.9 Å². The highest BCUT2D eigenvalue weighted by Gasteiger charge is 2.17. The molecule has 0 radical (unpaired) electrons. The molecule has 5 rings (SSSR count). The number of aromatic nitrogens is 4. The molecule has 0 amide bonds. The van der Waals surface area contributed by atoms with Crippen LogP contribution in [0.1, 0.15) is 0 Å². The number of rotatable bonds is 9. The van der Waals surface area contributed by atoms with Gasteiger partial charge in [0.25, 0.3) is 0 Å². The Bertz CT molecular complexity index is 1390. The highest BCUT2D eigenvalue weighted by atomic mass is 16.5. The molecule has 200 valence electrons. The zero-order valence-electron chi connectivity index (χ0n) is 22.9. The minimum absolute atomic E-state index is 0.692. The van der Waals surface area contributed by atoms with Crippen LogP contribution in [0.2, 0.25) is 0 Å². The van der Waals surface area contributed by atoms with Gasteiger partial charge in [0.2, 0.25) is 0 Å². The summed E-state index contributed by atoms with van der Waals surface area (Å²) in [7, 11) is 9.91. The lowest BCUT2D eigenvalue weighted by molar-refractivity contribution is 0.157. The van der Waals surface area contributed by atoms with Crippen LogP contribution >= 0.6 is 0 Å². The van der Waals surface area contributed by atoms with E-state index in [0.29, 0.717) is 5.82 Å². The van der Waals surface area contributed by atoms with Crippen molar-refractivity contribution in [1.29, 1.82) is 0 Å². The SMILES string of the molecule is CNc1cc(Nc2cc(-c3ccc4c(cnn4C)c3)ncn2)c(OC)cc1N(C)CCN1CCN(C)CC1. The first-order valence-corrected chi connectivity index (χ1v) is 13.0. The molecule has 10 nitrogen and oxygen atoms in total. The highest BCUT2D eigenvalue weighted by molar-refractivity contribution is 5.85. The Morgan fingerprint density at radius 3 is 2.58 bits per heavy atom. The molecule has 0 atom stereocenters. The van der Waals surface area contributed by atoms with Crippen LogP contribution in [0.3, 0.4) is 0 Å². The van der Waals surface area contributed by atoms with Gasteiger partial charge >= 0.3 is 0 Å². The van der Waals surface area contributed by atoms with Crippen LogP contribution in [0.4, 0.5) is 22.9 Å². The Morgan fingerprint density at radius 2 is 1.82 bits per heavy atom. The average molecular weight is 516 g/mol. The van der Waals surface area contributed by atoms with Gasteiger partial charge in [0, 0.05) is 83.5 Å². The Hall–Kier alpha value is -3.89. The average Bonchev–Trinajstić information content (AvgIpc) is 3.32. The predicted octanol–water partition coefficient (Wildman–Crippen LogP) is 3.51. The van der Waals surface area contributed by atoms with Crippen molar-refractivity contribution < 1.29 is 4.74 Å². The molecule has 2 aromatic carbocycles. The van der Waals surface area contributed by atoms with Crippen LogP contribution in [-0.4, -0.2) is 97.1 Å². The maximum Gasteiger partial charge on any atom is 0.144 e. The van der Waals surface area contributed by atoms with Crippen molar-refractivity contribution in [3.8, 4) is 17.0 Å². The van der Waals surface area contributed by atoms with Crippen molar-refractivity contribution >= 4 is 33.8 Å². The predicted molar refractivity (Wildman–Crippen MR) is 155 cm³/mol. The van der Waals surface area contributed by atoms with Crippen molar-refractivity contribution in [3.63, 3.8) is 0 Å². The number of ether oxygens (including phenoxy) is 1. The van der Waals surface area contributed by atoms with Crippen molar-refractivity contribution in [2.75, 3.05) is 83.1 Å². The van der Waals surface area contributed by atoms with Gasteiger partial charge in [-0.2, -0.15) is 5.10 Å². The van der Waals surface area contributed by atoms with E-state index in [-0.39, 0.29) is 0 Å². The normalized spacial score (nSPS) is 14.6. The van der Waals surface area contributed by atoms with Gasteiger partial charge in [0.1, 0.15) is 17.9 Å². The molecular formula is C28H37N9O. The Kier molecular flexibility index (Phi) is 7.62. The number of nitrogens with zero attached hydrogens (tertiary/aromatic N) is 7. The number of piperazine rings is 1. The van der Waals surface area contributed by atoms with E-state index in [1.165, 1.54) is 0 Å². The zero-order valence-corrected chi connectivity index (χ0v) is 22.9. The van der Waals surface area contributed by atoms with Gasteiger partial charge in [0.15, 0.2) is 0 Å². The number of hydrogen-bond acceptors (Lipinski definition) is 9. The van der Waals surface area contributed by atoms with Crippen molar-refractivity contribution in [2.45, 2.75) is 0 Å². The molecule has 0 saturated carbocycles. The molecule has 1 aliphatic heterocycles. The Balaban J connectivity index is 1.34. The van der Waals surface area contributed by atoms with Crippen LogP contribution < -0.4 is 20.3 Å². The third-order valence-corrected chi connectivity index (χ3v) is 7.32. The lowest BCUT2D eigenvalue weighted by Crippen LogP contribution is -2.46. The summed E-state index contributed by atoms with van der Waals surface area (Å²) in [6.07, 6.45) is 3.45. The van der Waals surface area contributed by atoms with Gasteiger partial charge in [0.05, 0.1) is 41.6 Å². The second-order valence-electron chi connectivity index (χ2n) is 9.84. The van der Waals surface area contributed by atoms with E-state index in [1.54, 1.807) is 13.4 Å². The van der Waals surface area contributed by atoms with E-state index in [1.807, 2.05) is 31.0 Å². The summed E-state index contributed by atoms with van der Waals surface area (Å²) in [5.74, 6) is 1.44. The maximum absolute atomic E-state index is 5.79. The van der Waals surface area contributed by atoms with E-state index in [9.17, 15) is 0 Å². The molecule has 1 fully saturated rings. The third kappa shape index (κ3) is 5.51. The standard InChI is InChI=1S/C28H37N9O/c1-29-23-15-24(27(38-5)17-26(23)35(3)10-13-37-11-8-34(2)9-12-37)33-28-16-22(30-19-31-28)20-6-7-25-21(14-20)18-32-36(25)4/h6-7,14-19,29H,8-13H2,1-5H3,(H,30,31,33). The second-order valence-corrected chi connectivity index (χ2v) is 9.84. The van der Waals surface area contributed by atoms with E-state index in [0.717, 1.165) is 84.2 Å². The first-order valence-electron chi connectivity index (χ1n) is 13.0. The van der Waals surface area contributed by atoms with Crippen LogP contribution in [0.5, 0.6) is 5.75 Å². The van der Waals surface area contributed by atoms with E-state index in [4.69, 9.17) is 4.74 Å². The molecule has 0 spiro atoms. The molecule has 0 bridgehead atoms. The third-order valence-electron chi connectivity index (χ3n) is 7.32. The lowest BCUT2D eigenvalue weighted by atomic mass is 10.1. The second kappa shape index (κ2) is 11.2. The van der Waals surface area contributed by atoms with Crippen molar-refractivity contribution in [1.82, 2.24) is 29.5 Å². The fourth-order valence-electron chi connectivity index (χ4n) is 4.88. The first-order chi connectivity index (χ1) is 18.4. The molecule has 2 aromatic heterocycles. The largest absolute Gasteiger partial charge is 0.494 e. The van der Waals surface area contributed by atoms with Gasteiger partial charge in [-0.1, -0.05) is 6.07 Å². The number of hydrogen-bond donors (Lipinski definition) is 2. The van der Waals surface area contributed by atoms with E-state index >= 15 is 0 Å². The monoisotopic (exact) mass is 515 g/mol. The fraction of sp³-hybridized carbons (Fsp3) is 0.393. The minimum atomic E-state index is 0.692. The fourth-order valence-corrected chi connectivity index (χ4v) is 4.88. The summed E-state index contributed by atoms with van der Waals surface area (Å²) in [5, 5.41) is 12.2. The zero-order chi connectivity index (χ0) is 26.6. The van der Waals surface area contributed by atoms with E-state index < -0.39 is 0 Å². The molecule has 10 heteroatoms. The molecule has 1 saturated heterocycles. The molecular weight excluding hydrogens is 478 g/mol. The number of fused-ring (bicyclic) bond motifs is 1. The molecule has 1 aliphatic rings. The van der Waals surface area contributed by atoms with E-state index in [2.05, 4.69) is 84.8 Å². The molecule has 3 heterocycles. The quantitative estimate of drug-likeness (QED) is 0.348. The number of nitrogens with one attached hydrogen (secondary N) is 2.